The van der Waals surface area contributed by atoms with Crippen molar-refractivity contribution in [3.63, 3.8) is 0 Å². The first-order valence-corrected chi connectivity index (χ1v) is 4.53. The molecule has 3 heteroatoms. The van der Waals surface area contributed by atoms with E-state index in [1.807, 2.05) is 0 Å². The van der Waals surface area contributed by atoms with Crippen LogP contribution in [0, 0.1) is 23.7 Å². The highest BCUT2D eigenvalue weighted by Crippen LogP contribution is 2.55. The monoisotopic (exact) mass is 166 g/mol. The first kappa shape index (κ1) is 6.63. The highest BCUT2D eigenvalue weighted by molar-refractivity contribution is 5.97. The lowest BCUT2D eigenvalue weighted by Gasteiger charge is -2.17. The summed E-state index contributed by atoms with van der Waals surface area (Å²) >= 11 is 0. The molecule has 0 unspecified atom stereocenters. The molecule has 4 atom stereocenters. The van der Waals surface area contributed by atoms with Crippen molar-refractivity contribution in [3.05, 3.63) is 0 Å². The fraction of sp³-hybridized carbons (Fsp3) is 0.778. The Labute approximate surface area is 70.1 Å². The van der Waals surface area contributed by atoms with E-state index >= 15 is 0 Å². The van der Waals surface area contributed by atoms with E-state index in [1.54, 1.807) is 0 Å². The molecule has 3 fully saturated rings. The molecule has 1 saturated heterocycles. The third-order valence-electron chi connectivity index (χ3n) is 3.66. The van der Waals surface area contributed by atoms with Crippen molar-refractivity contribution in [1.82, 2.24) is 0 Å². The van der Waals surface area contributed by atoms with E-state index in [-0.39, 0.29) is 23.8 Å². The van der Waals surface area contributed by atoms with Gasteiger partial charge >= 0.3 is 11.9 Å². The molecule has 3 aliphatic rings. The van der Waals surface area contributed by atoms with E-state index in [0.717, 1.165) is 19.3 Å². The van der Waals surface area contributed by atoms with Crippen LogP contribution in [0.5, 0.6) is 0 Å². The molecular weight excluding hydrogens is 156 g/mol. The van der Waals surface area contributed by atoms with Gasteiger partial charge in [0.25, 0.3) is 0 Å². The van der Waals surface area contributed by atoms with Crippen LogP contribution < -0.4 is 0 Å². The molecule has 0 aromatic rings. The fourth-order valence-corrected chi connectivity index (χ4v) is 3.20. The lowest BCUT2D eigenvalue weighted by atomic mass is 9.81. The largest absolute Gasteiger partial charge is 0.393 e. The van der Waals surface area contributed by atoms with Crippen LogP contribution in [-0.2, 0) is 14.3 Å². The molecule has 0 radical (unpaired) electrons. The molecule has 0 amide bonds. The first-order valence-electron chi connectivity index (χ1n) is 4.53. The second-order valence-electron chi connectivity index (χ2n) is 4.12. The van der Waals surface area contributed by atoms with E-state index in [9.17, 15) is 9.59 Å². The number of hydrogen-bond donors (Lipinski definition) is 0. The molecule has 0 spiro atoms. The summed E-state index contributed by atoms with van der Waals surface area (Å²) in [6, 6.07) is 0. The SMILES string of the molecule is O=C1OC(=O)[C@H]2[C@H]3CC[C@@H](C3)[C@H]12. The standard InChI is InChI=1S/C9H10O3/c10-8-6-4-1-2-5(3-4)7(6)9(11)12-8/h4-7H,1-3H2/t4-,5-,6-,7-/m0/s1. The Morgan fingerprint density at radius 1 is 1.00 bits per heavy atom. The van der Waals surface area contributed by atoms with Gasteiger partial charge in [0.05, 0.1) is 11.8 Å². The smallest absolute Gasteiger partial charge is 0.317 e. The predicted molar refractivity (Wildman–Crippen MR) is 38.9 cm³/mol. The van der Waals surface area contributed by atoms with Gasteiger partial charge in [0.1, 0.15) is 0 Å². The second-order valence-corrected chi connectivity index (χ2v) is 4.12. The zero-order chi connectivity index (χ0) is 8.29. The molecule has 1 aliphatic heterocycles. The van der Waals surface area contributed by atoms with Gasteiger partial charge in [-0.15, -0.1) is 0 Å². The van der Waals surface area contributed by atoms with Gasteiger partial charge in [-0.05, 0) is 31.1 Å². The van der Waals surface area contributed by atoms with Crippen molar-refractivity contribution in [1.29, 1.82) is 0 Å². The van der Waals surface area contributed by atoms with E-state index < -0.39 is 0 Å². The summed E-state index contributed by atoms with van der Waals surface area (Å²) in [6.07, 6.45) is 3.32. The van der Waals surface area contributed by atoms with E-state index in [2.05, 4.69) is 4.74 Å². The van der Waals surface area contributed by atoms with Gasteiger partial charge in [0.15, 0.2) is 0 Å². The molecule has 64 valence electrons. The normalized spacial score (nSPS) is 49.7. The molecule has 3 nitrogen and oxygen atoms in total. The lowest BCUT2D eigenvalue weighted by molar-refractivity contribution is -0.154. The van der Waals surface area contributed by atoms with E-state index in [0.29, 0.717) is 11.8 Å². The summed E-state index contributed by atoms with van der Waals surface area (Å²) in [7, 11) is 0. The van der Waals surface area contributed by atoms with Crippen LogP contribution in [0.4, 0.5) is 0 Å². The van der Waals surface area contributed by atoms with Crippen LogP contribution in [0.15, 0.2) is 0 Å². The van der Waals surface area contributed by atoms with E-state index in [4.69, 9.17) is 0 Å². The lowest BCUT2D eigenvalue weighted by Crippen LogP contribution is -2.24. The molecule has 0 aromatic heterocycles. The van der Waals surface area contributed by atoms with Gasteiger partial charge in [-0.25, -0.2) is 0 Å². The minimum absolute atomic E-state index is 0.0590. The summed E-state index contributed by atoms with van der Waals surface area (Å²) in [5, 5.41) is 0. The molecule has 2 aliphatic carbocycles. The third-order valence-corrected chi connectivity index (χ3v) is 3.66. The third kappa shape index (κ3) is 0.586. The van der Waals surface area contributed by atoms with Gasteiger partial charge in [-0.2, -0.15) is 0 Å². The van der Waals surface area contributed by atoms with Crippen LogP contribution >= 0.6 is 0 Å². The van der Waals surface area contributed by atoms with Crippen LogP contribution in [-0.4, -0.2) is 11.9 Å². The molecule has 2 saturated carbocycles. The Morgan fingerprint density at radius 3 is 2.00 bits per heavy atom. The highest BCUT2D eigenvalue weighted by atomic mass is 16.6. The van der Waals surface area contributed by atoms with Crippen molar-refractivity contribution in [2.75, 3.05) is 0 Å². The van der Waals surface area contributed by atoms with Crippen molar-refractivity contribution < 1.29 is 14.3 Å². The van der Waals surface area contributed by atoms with Crippen molar-refractivity contribution >= 4 is 11.9 Å². The average molecular weight is 166 g/mol. The molecule has 0 aromatic carbocycles. The number of fused-ring (bicyclic) bond motifs is 5. The summed E-state index contributed by atoms with van der Waals surface area (Å²) in [4.78, 5) is 22.4. The second kappa shape index (κ2) is 1.90. The zero-order valence-electron chi connectivity index (χ0n) is 6.66. The minimum Gasteiger partial charge on any atom is -0.393 e. The number of carbonyl (C=O) groups excluding carboxylic acids is 2. The summed E-state index contributed by atoms with van der Waals surface area (Å²) in [5.74, 6) is 0.291. The molecule has 0 N–H and O–H groups in total. The number of cyclic esters (lactones) is 2. The molecule has 2 bridgehead atoms. The fourth-order valence-electron chi connectivity index (χ4n) is 3.20. The number of rotatable bonds is 0. The van der Waals surface area contributed by atoms with Gasteiger partial charge in [-0.3, -0.25) is 9.59 Å². The molecular formula is C9H10O3. The Hall–Kier alpha value is -0.860. The Kier molecular flexibility index (Phi) is 1.05. The minimum atomic E-state index is -0.253. The maximum absolute atomic E-state index is 11.2. The average Bonchev–Trinajstić information content (AvgIpc) is 2.64. The highest BCUT2D eigenvalue weighted by Gasteiger charge is 2.59. The van der Waals surface area contributed by atoms with Crippen LogP contribution in [0.3, 0.4) is 0 Å². The first-order chi connectivity index (χ1) is 5.77. The van der Waals surface area contributed by atoms with E-state index in [1.165, 1.54) is 0 Å². The predicted octanol–water partition coefficient (Wildman–Crippen LogP) is 0.732. The van der Waals surface area contributed by atoms with Gasteiger partial charge in [0.2, 0.25) is 0 Å². The van der Waals surface area contributed by atoms with Gasteiger partial charge in [0, 0.05) is 0 Å². The van der Waals surface area contributed by atoms with Crippen molar-refractivity contribution in [3.8, 4) is 0 Å². The topological polar surface area (TPSA) is 43.4 Å². The zero-order valence-corrected chi connectivity index (χ0v) is 6.66. The quantitative estimate of drug-likeness (QED) is 0.393. The number of carbonyl (C=O) groups is 2. The van der Waals surface area contributed by atoms with Crippen LogP contribution in [0.25, 0.3) is 0 Å². The van der Waals surface area contributed by atoms with Crippen LogP contribution in [0.2, 0.25) is 0 Å². The number of ether oxygens (including phenoxy) is 1. The maximum Gasteiger partial charge on any atom is 0.317 e. The number of esters is 2. The maximum atomic E-state index is 11.2. The Balaban J connectivity index is 2.03. The summed E-state index contributed by atoms with van der Waals surface area (Å²) < 4.78 is 4.63. The molecule has 12 heavy (non-hydrogen) atoms. The Morgan fingerprint density at radius 2 is 1.50 bits per heavy atom. The Bertz CT molecular complexity index is 245. The summed E-state index contributed by atoms with van der Waals surface area (Å²) in [5.41, 5.74) is 0. The van der Waals surface area contributed by atoms with Gasteiger partial charge < -0.3 is 4.74 Å². The van der Waals surface area contributed by atoms with Crippen molar-refractivity contribution in [2.45, 2.75) is 19.3 Å². The number of hydrogen-bond acceptors (Lipinski definition) is 3. The van der Waals surface area contributed by atoms with Crippen molar-refractivity contribution in [2.24, 2.45) is 23.7 Å². The molecule has 3 rings (SSSR count). The molecule has 1 heterocycles. The van der Waals surface area contributed by atoms with Gasteiger partial charge in [-0.1, -0.05) is 0 Å². The van der Waals surface area contributed by atoms with Crippen LogP contribution in [0.1, 0.15) is 19.3 Å². The summed E-state index contributed by atoms with van der Waals surface area (Å²) in [6.45, 7) is 0.